The molecule has 15 rings (SSSR count). The zero-order chi connectivity index (χ0) is 45.2. The second kappa shape index (κ2) is 14.4. The Kier molecular flexibility index (Phi) is 7.93. The van der Waals surface area contributed by atoms with Gasteiger partial charge in [-0.05, 0) is 92.0 Å². The van der Waals surface area contributed by atoms with E-state index < -0.39 is 5.41 Å². The van der Waals surface area contributed by atoms with Gasteiger partial charge in [-0.3, -0.25) is 0 Å². The number of benzene rings is 10. The minimum atomic E-state index is -0.671. The van der Waals surface area contributed by atoms with Gasteiger partial charge in [-0.25, -0.2) is 15.0 Å². The Bertz CT molecular complexity index is 4250. The summed E-state index contributed by atoms with van der Waals surface area (Å²) in [6, 6.07) is 82.8. The summed E-state index contributed by atoms with van der Waals surface area (Å²) >= 11 is 0. The third kappa shape index (κ3) is 5.38. The molecular weight excluding hydrogens is 841 g/mol. The van der Waals surface area contributed by atoms with Crippen LogP contribution < -0.4 is 0 Å². The lowest BCUT2D eigenvalue weighted by molar-refractivity contribution is 0.669. The molecule has 0 N–H and O–H groups in total. The van der Waals surface area contributed by atoms with Crippen LogP contribution in [0.5, 0.6) is 0 Å². The summed E-state index contributed by atoms with van der Waals surface area (Å²) in [5.41, 5.74) is 19.3. The monoisotopic (exact) mass is 878 g/mol. The van der Waals surface area contributed by atoms with E-state index in [2.05, 4.69) is 199 Å². The zero-order valence-electron chi connectivity index (χ0n) is 37.1. The van der Waals surface area contributed by atoms with Crippen molar-refractivity contribution in [2.24, 2.45) is 0 Å². The molecule has 10 aromatic carbocycles. The first-order chi connectivity index (χ1) is 34.2. The standard InChI is InChI=1S/C64H38N4O/c1-3-15-39(16-4-1)40-29-31-42(32-30-40)62-65-61(41-17-5-2-6-18-41)66-63(67-62)48-22-14-24-53-59(48)50-38-43(44-34-36-58-49(37-44)46-20-8-12-28-57(46)69-58)33-35-51(50)64(53)52-23-9-11-27-56(52)68-55-26-10-7-19-45(55)47-21-13-25-54(64)60(47)68/h1-38H. The van der Waals surface area contributed by atoms with E-state index in [1.165, 1.54) is 49.7 Å². The molecule has 2 aliphatic rings. The third-order valence-corrected chi connectivity index (χ3v) is 14.7. The molecule has 0 saturated heterocycles. The normalized spacial score (nSPS) is 14.4. The predicted molar refractivity (Wildman–Crippen MR) is 279 cm³/mol. The van der Waals surface area contributed by atoms with Crippen molar-refractivity contribution in [2.45, 2.75) is 5.41 Å². The van der Waals surface area contributed by atoms with Gasteiger partial charge < -0.3 is 8.98 Å². The zero-order valence-corrected chi connectivity index (χ0v) is 37.1. The fourth-order valence-corrected chi connectivity index (χ4v) is 11.7. The van der Waals surface area contributed by atoms with Crippen molar-refractivity contribution in [1.29, 1.82) is 0 Å². The Morgan fingerprint density at radius 1 is 0.333 bits per heavy atom. The molecule has 1 aliphatic carbocycles. The molecule has 4 heterocycles. The summed E-state index contributed by atoms with van der Waals surface area (Å²) in [6.45, 7) is 0. The van der Waals surface area contributed by atoms with Crippen LogP contribution in [0, 0.1) is 0 Å². The quantitative estimate of drug-likeness (QED) is 0.173. The Labute approximate surface area is 397 Å². The second-order valence-electron chi connectivity index (χ2n) is 18.2. The van der Waals surface area contributed by atoms with Crippen molar-refractivity contribution >= 4 is 43.7 Å². The Balaban J connectivity index is 1.02. The Morgan fingerprint density at radius 3 is 1.74 bits per heavy atom. The topological polar surface area (TPSA) is 56.7 Å². The van der Waals surface area contributed by atoms with E-state index in [0.29, 0.717) is 17.5 Å². The van der Waals surface area contributed by atoms with Crippen molar-refractivity contribution in [1.82, 2.24) is 19.5 Å². The highest BCUT2D eigenvalue weighted by Crippen LogP contribution is 2.63. The van der Waals surface area contributed by atoms with Gasteiger partial charge in [0.1, 0.15) is 11.2 Å². The van der Waals surface area contributed by atoms with E-state index >= 15 is 0 Å². The fraction of sp³-hybridized carbons (Fsp3) is 0.0156. The first kappa shape index (κ1) is 38.0. The average Bonchev–Trinajstić information content (AvgIpc) is 4.07. The number of fused-ring (bicyclic) bond motifs is 15. The van der Waals surface area contributed by atoms with Gasteiger partial charge in [-0.1, -0.05) is 194 Å². The first-order valence-corrected chi connectivity index (χ1v) is 23.5. The number of nitrogens with zero attached hydrogens (tertiary/aromatic N) is 4. The molecule has 69 heavy (non-hydrogen) atoms. The number of hydrogen-bond donors (Lipinski definition) is 0. The lowest BCUT2D eigenvalue weighted by Crippen LogP contribution is -2.33. The average molecular weight is 879 g/mol. The smallest absolute Gasteiger partial charge is 0.164 e. The van der Waals surface area contributed by atoms with E-state index in [1.807, 2.05) is 36.4 Å². The van der Waals surface area contributed by atoms with Gasteiger partial charge in [-0.2, -0.15) is 0 Å². The minimum Gasteiger partial charge on any atom is -0.456 e. The van der Waals surface area contributed by atoms with Crippen LogP contribution in [0.1, 0.15) is 22.3 Å². The van der Waals surface area contributed by atoms with Gasteiger partial charge in [0.15, 0.2) is 17.5 Å². The third-order valence-electron chi connectivity index (χ3n) is 14.7. The van der Waals surface area contributed by atoms with Crippen LogP contribution in [0.3, 0.4) is 0 Å². The lowest BCUT2D eigenvalue weighted by atomic mass is 9.65. The molecule has 0 fully saturated rings. The summed E-state index contributed by atoms with van der Waals surface area (Å²) in [5.74, 6) is 1.87. The highest BCUT2D eigenvalue weighted by Gasteiger charge is 2.51. The molecular formula is C64H38N4O. The molecule has 13 aromatic rings. The van der Waals surface area contributed by atoms with Gasteiger partial charge in [0.2, 0.25) is 0 Å². The molecule has 3 aromatic heterocycles. The predicted octanol–water partition coefficient (Wildman–Crippen LogP) is 15.9. The summed E-state index contributed by atoms with van der Waals surface area (Å²) in [6.07, 6.45) is 0. The molecule has 1 unspecified atom stereocenters. The van der Waals surface area contributed by atoms with E-state index in [9.17, 15) is 0 Å². The maximum absolute atomic E-state index is 6.30. The molecule has 1 aliphatic heterocycles. The minimum absolute atomic E-state index is 0.621. The molecule has 1 atom stereocenters. The number of furan rings is 1. The van der Waals surface area contributed by atoms with Crippen LogP contribution in [0.4, 0.5) is 0 Å². The number of aromatic nitrogens is 4. The van der Waals surface area contributed by atoms with Crippen LogP contribution >= 0.6 is 0 Å². The first-order valence-electron chi connectivity index (χ1n) is 23.5. The number of rotatable bonds is 5. The number of para-hydroxylation sites is 4. The molecule has 0 amide bonds. The fourth-order valence-electron chi connectivity index (χ4n) is 11.7. The molecule has 0 radical (unpaired) electrons. The van der Waals surface area contributed by atoms with Crippen LogP contribution in [-0.4, -0.2) is 19.5 Å². The van der Waals surface area contributed by atoms with Gasteiger partial charge >= 0.3 is 0 Å². The van der Waals surface area contributed by atoms with Crippen LogP contribution in [0.2, 0.25) is 0 Å². The van der Waals surface area contributed by atoms with Gasteiger partial charge in [-0.15, -0.1) is 0 Å². The summed E-state index contributed by atoms with van der Waals surface area (Å²) in [7, 11) is 0. The van der Waals surface area contributed by atoms with Gasteiger partial charge in [0, 0.05) is 38.2 Å². The lowest BCUT2D eigenvalue weighted by Gasteiger charge is -2.39. The van der Waals surface area contributed by atoms with Crippen molar-refractivity contribution in [3.8, 4) is 73.2 Å². The summed E-state index contributed by atoms with van der Waals surface area (Å²) < 4.78 is 8.80. The summed E-state index contributed by atoms with van der Waals surface area (Å²) in [4.78, 5) is 16.0. The van der Waals surface area contributed by atoms with E-state index in [-0.39, 0.29) is 0 Å². The Hall–Kier alpha value is -9.19. The van der Waals surface area contributed by atoms with Crippen LogP contribution in [-0.2, 0) is 5.41 Å². The molecule has 5 nitrogen and oxygen atoms in total. The second-order valence-corrected chi connectivity index (χ2v) is 18.2. The van der Waals surface area contributed by atoms with Crippen molar-refractivity contribution in [3.05, 3.63) is 253 Å². The van der Waals surface area contributed by atoms with E-state index in [4.69, 9.17) is 19.4 Å². The largest absolute Gasteiger partial charge is 0.456 e. The maximum atomic E-state index is 6.30. The molecule has 0 bridgehead atoms. The number of hydrogen-bond acceptors (Lipinski definition) is 4. The highest BCUT2D eigenvalue weighted by molar-refractivity contribution is 6.13. The van der Waals surface area contributed by atoms with Crippen molar-refractivity contribution < 1.29 is 4.42 Å². The van der Waals surface area contributed by atoms with E-state index in [0.717, 1.165) is 72.0 Å². The van der Waals surface area contributed by atoms with Gasteiger partial charge in [0.25, 0.3) is 0 Å². The summed E-state index contributed by atoms with van der Waals surface area (Å²) in [5, 5.41) is 4.70. The highest BCUT2D eigenvalue weighted by atomic mass is 16.3. The molecule has 5 heteroatoms. The Morgan fingerprint density at radius 2 is 0.899 bits per heavy atom. The van der Waals surface area contributed by atoms with Crippen molar-refractivity contribution in [2.75, 3.05) is 0 Å². The molecule has 320 valence electrons. The van der Waals surface area contributed by atoms with E-state index in [1.54, 1.807) is 0 Å². The SMILES string of the molecule is c1ccc(-c2ccc(-c3nc(-c4ccccc4)nc(-c4cccc5c4-c4cc(-c6ccc7oc8ccccc8c7c6)ccc4C54c5ccccc5-n5c6ccccc6c6cccc4c65)n3)cc2)cc1. The maximum Gasteiger partial charge on any atom is 0.164 e. The molecule has 0 saturated carbocycles. The molecule has 1 spiro atoms. The van der Waals surface area contributed by atoms with Crippen LogP contribution in [0.25, 0.3) is 117 Å². The van der Waals surface area contributed by atoms with Crippen molar-refractivity contribution in [3.63, 3.8) is 0 Å². The van der Waals surface area contributed by atoms with Crippen LogP contribution in [0.15, 0.2) is 235 Å². The van der Waals surface area contributed by atoms with Gasteiger partial charge in [0.05, 0.1) is 22.1 Å².